The van der Waals surface area contributed by atoms with Crippen LogP contribution < -0.4 is 15.6 Å². The topological polar surface area (TPSA) is 80.3 Å². The van der Waals surface area contributed by atoms with Gasteiger partial charge in [0.1, 0.15) is 10.6 Å². The van der Waals surface area contributed by atoms with Gasteiger partial charge in [-0.15, -0.1) is 11.3 Å². The summed E-state index contributed by atoms with van der Waals surface area (Å²) in [4.78, 5) is 29.2. The van der Waals surface area contributed by atoms with E-state index in [-0.39, 0.29) is 6.61 Å². The number of nitrogens with one attached hydrogen (secondary N) is 2. The van der Waals surface area contributed by atoms with Crippen molar-refractivity contribution in [1.29, 1.82) is 0 Å². The predicted octanol–water partition coefficient (Wildman–Crippen LogP) is 3.61. The van der Waals surface area contributed by atoms with E-state index >= 15 is 0 Å². The average Bonchev–Trinajstić information content (AvgIpc) is 3.08. The lowest BCUT2D eigenvalue weighted by Crippen LogP contribution is -2.43. The smallest absolute Gasteiger partial charge is 0.282 e. The maximum absolute atomic E-state index is 12.5. The van der Waals surface area contributed by atoms with E-state index in [1.165, 1.54) is 11.3 Å². The number of hydrazine groups is 1. The Hall–Kier alpha value is -2.90. The first-order valence-corrected chi connectivity index (χ1v) is 9.23. The molecule has 0 saturated heterocycles. The van der Waals surface area contributed by atoms with E-state index in [2.05, 4.69) is 15.8 Å². The second-order valence-electron chi connectivity index (χ2n) is 5.50. The van der Waals surface area contributed by atoms with Gasteiger partial charge in [-0.25, -0.2) is 4.98 Å². The van der Waals surface area contributed by atoms with Gasteiger partial charge in [-0.1, -0.05) is 54.1 Å². The third kappa shape index (κ3) is 4.84. The summed E-state index contributed by atoms with van der Waals surface area (Å²) in [6.07, 6.45) is 0. The molecule has 3 aromatic rings. The molecular weight excluding hydrogens is 386 g/mol. The minimum Gasteiger partial charge on any atom is -0.482 e. The molecule has 8 heteroatoms. The predicted molar refractivity (Wildman–Crippen MR) is 105 cm³/mol. The number of carbonyl (C=O) groups excluding carboxylic acids is 2. The monoisotopic (exact) mass is 401 g/mol. The molecule has 2 amide bonds. The van der Waals surface area contributed by atoms with E-state index in [9.17, 15) is 9.59 Å². The number of thiazole rings is 1. The van der Waals surface area contributed by atoms with Crippen molar-refractivity contribution in [3.05, 3.63) is 69.5 Å². The van der Waals surface area contributed by atoms with E-state index in [0.717, 1.165) is 10.6 Å². The van der Waals surface area contributed by atoms with Gasteiger partial charge >= 0.3 is 0 Å². The molecule has 2 N–H and O–H groups in total. The molecule has 6 nitrogen and oxygen atoms in total. The van der Waals surface area contributed by atoms with Gasteiger partial charge in [0.05, 0.1) is 15.7 Å². The molecule has 0 fully saturated rings. The summed E-state index contributed by atoms with van der Waals surface area (Å²) in [6, 6.07) is 16.2. The average molecular weight is 402 g/mol. The number of rotatable bonds is 5. The number of ether oxygens (including phenoxy) is 1. The van der Waals surface area contributed by atoms with Crippen LogP contribution in [0.2, 0.25) is 5.02 Å². The Bertz CT molecular complexity index is 960. The summed E-state index contributed by atoms with van der Waals surface area (Å²) < 4.78 is 5.33. The first kappa shape index (κ1) is 18.9. The minimum atomic E-state index is -0.509. The molecule has 0 saturated carbocycles. The quantitative estimate of drug-likeness (QED) is 0.640. The normalized spacial score (nSPS) is 10.3. The van der Waals surface area contributed by atoms with E-state index in [0.29, 0.717) is 21.3 Å². The van der Waals surface area contributed by atoms with Crippen LogP contribution in [0.1, 0.15) is 14.7 Å². The SMILES string of the molecule is Cc1nc(-c2ccccc2)c(C(=O)NNC(=O)COc2ccccc2Cl)s1. The Morgan fingerprint density at radius 3 is 2.52 bits per heavy atom. The van der Waals surface area contributed by atoms with Gasteiger partial charge in [0.25, 0.3) is 11.8 Å². The van der Waals surface area contributed by atoms with Crippen molar-refractivity contribution in [3.8, 4) is 17.0 Å². The summed E-state index contributed by atoms with van der Waals surface area (Å²) in [5.74, 6) is -0.554. The summed E-state index contributed by atoms with van der Waals surface area (Å²) in [7, 11) is 0. The van der Waals surface area contributed by atoms with Crippen LogP contribution in [0.15, 0.2) is 54.6 Å². The third-order valence-electron chi connectivity index (χ3n) is 3.50. The fourth-order valence-corrected chi connectivity index (χ4v) is 3.32. The van der Waals surface area contributed by atoms with Crippen LogP contribution in [0.25, 0.3) is 11.3 Å². The van der Waals surface area contributed by atoms with Gasteiger partial charge in [0.15, 0.2) is 6.61 Å². The Labute approximate surface area is 165 Å². The summed E-state index contributed by atoms with van der Waals surface area (Å²) in [5, 5.41) is 1.16. The van der Waals surface area contributed by atoms with Crippen molar-refractivity contribution in [1.82, 2.24) is 15.8 Å². The lowest BCUT2D eigenvalue weighted by Gasteiger charge is -2.09. The molecule has 0 aliphatic rings. The summed E-state index contributed by atoms with van der Waals surface area (Å²) in [5.41, 5.74) is 6.14. The van der Waals surface area contributed by atoms with Gasteiger partial charge in [0.2, 0.25) is 0 Å². The molecule has 27 heavy (non-hydrogen) atoms. The largest absolute Gasteiger partial charge is 0.482 e. The Balaban J connectivity index is 1.60. The number of aryl methyl sites for hydroxylation is 1. The van der Waals surface area contributed by atoms with Crippen molar-refractivity contribution in [2.75, 3.05) is 6.61 Å². The van der Waals surface area contributed by atoms with E-state index in [4.69, 9.17) is 16.3 Å². The molecule has 0 unspecified atom stereocenters. The Morgan fingerprint density at radius 2 is 1.78 bits per heavy atom. The van der Waals surface area contributed by atoms with Crippen LogP contribution in [0.3, 0.4) is 0 Å². The highest BCUT2D eigenvalue weighted by Crippen LogP contribution is 2.27. The van der Waals surface area contributed by atoms with Crippen molar-refractivity contribution in [2.45, 2.75) is 6.92 Å². The number of amides is 2. The zero-order valence-corrected chi connectivity index (χ0v) is 15.9. The first-order valence-electron chi connectivity index (χ1n) is 8.04. The summed E-state index contributed by atoms with van der Waals surface area (Å²) >= 11 is 7.22. The van der Waals surface area contributed by atoms with Crippen molar-refractivity contribution < 1.29 is 14.3 Å². The number of aromatic nitrogens is 1. The fraction of sp³-hybridized carbons (Fsp3) is 0.105. The van der Waals surface area contributed by atoms with E-state index < -0.39 is 11.8 Å². The number of hydrogen-bond donors (Lipinski definition) is 2. The molecule has 0 atom stereocenters. The summed E-state index contributed by atoms with van der Waals surface area (Å²) in [6.45, 7) is 1.54. The highest BCUT2D eigenvalue weighted by Gasteiger charge is 2.18. The van der Waals surface area contributed by atoms with Gasteiger partial charge in [-0.05, 0) is 19.1 Å². The lowest BCUT2D eigenvalue weighted by atomic mass is 10.1. The second-order valence-corrected chi connectivity index (χ2v) is 7.11. The number of nitrogens with zero attached hydrogens (tertiary/aromatic N) is 1. The van der Waals surface area contributed by atoms with Crippen LogP contribution in [0.4, 0.5) is 0 Å². The number of hydrogen-bond acceptors (Lipinski definition) is 5. The van der Waals surface area contributed by atoms with Gasteiger partial charge in [-0.3, -0.25) is 20.4 Å². The van der Waals surface area contributed by atoms with Gasteiger partial charge in [0, 0.05) is 5.56 Å². The highest BCUT2D eigenvalue weighted by molar-refractivity contribution is 7.14. The van der Waals surface area contributed by atoms with Crippen molar-refractivity contribution in [2.24, 2.45) is 0 Å². The Morgan fingerprint density at radius 1 is 1.07 bits per heavy atom. The molecule has 1 heterocycles. The van der Waals surface area contributed by atoms with E-state index in [1.807, 2.05) is 37.3 Å². The molecule has 0 aliphatic carbocycles. The second kappa shape index (κ2) is 8.66. The maximum atomic E-state index is 12.5. The molecule has 0 radical (unpaired) electrons. The Kier molecular flexibility index (Phi) is 6.05. The number of benzene rings is 2. The van der Waals surface area contributed by atoms with Crippen LogP contribution in [-0.4, -0.2) is 23.4 Å². The molecule has 0 aliphatic heterocycles. The highest BCUT2D eigenvalue weighted by atomic mass is 35.5. The molecular formula is C19H16ClN3O3S. The molecule has 138 valence electrons. The standard InChI is InChI=1S/C19H16ClN3O3S/c1-12-21-17(13-7-3-2-4-8-13)18(27-12)19(25)23-22-16(24)11-26-15-10-6-5-9-14(15)20/h2-10H,11H2,1H3,(H,22,24)(H,23,25). The fourth-order valence-electron chi connectivity index (χ4n) is 2.30. The molecule has 3 rings (SSSR count). The van der Waals surface area contributed by atoms with Crippen molar-refractivity contribution >= 4 is 34.8 Å². The van der Waals surface area contributed by atoms with Crippen LogP contribution in [0.5, 0.6) is 5.75 Å². The third-order valence-corrected chi connectivity index (χ3v) is 4.78. The molecule has 2 aromatic carbocycles. The van der Waals surface area contributed by atoms with Crippen LogP contribution >= 0.6 is 22.9 Å². The minimum absolute atomic E-state index is 0.280. The zero-order chi connectivity index (χ0) is 19.2. The molecule has 1 aromatic heterocycles. The zero-order valence-electron chi connectivity index (χ0n) is 14.4. The van der Waals surface area contributed by atoms with Crippen molar-refractivity contribution in [3.63, 3.8) is 0 Å². The van der Waals surface area contributed by atoms with Gasteiger partial charge in [-0.2, -0.15) is 0 Å². The maximum Gasteiger partial charge on any atom is 0.282 e. The van der Waals surface area contributed by atoms with E-state index in [1.54, 1.807) is 24.3 Å². The number of halogens is 1. The lowest BCUT2D eigenvalue weighted by molar-refractivity contribution is -0.123. The molecule has 0 bridgehead atoms. The first-order chi connectivity index (χ1) is 13.0. The van der Waals surface area contributed by atoms with Gasteiger partial charge < -0.3 is 4.74 Å². The van der Waals surface area contributed by atoms with Crippen LogP contribution in [-0.2, 0) is 4.79 Å². The number of para-hydroxylation sites is 1. The molecule has 0 spiro atoms. The van der Waals surface area contributed by atoms with Crippen LogP contribution in [0, 0.1) is 6.92 Å². The number of carbonyl (C=O) groups is 2.